The number of nitrogens with zero attached hydrogens (tertiary/aromatic N) is 4. The van der Waals surface area contributed by atoms with E-state index in [0.717, 1.165) is 11.0 Å². The molecule has 1 aliphatic heterocycles. The largest absolute Gasteiger partial charge is 0.455 e. The normalized spacial score (nSPS) is 13.1. The zero-order valence-electron chi connectivity index (χ0n) is 18.7. The number of hydrogen-bond donors (Lipinski definition) is 1. The Labute approximate surface area is 208 Å². The predicted octanol–water partition coefficient (Wildman–Crippen LogP) is 2.21. The van der Waals surface area contributed by atoms with Gasteiger partial charge in [-0.05, 0) is 60.7 Å². The molecule has 0 saturated heterocycles. The zero-order chi connectivity index (χ0) is 26.3. The number of rotatable bonds is 6. The zero-order valence-corrected chi connectivity index (χ0v) is 19.6. The first-order valence-electron chi connectivity index (χ1n) is 10.6. The van der Waals surface area contributed by atoms with Crippen molar-refractivity contribution in [1.82, 2.24) is 15.0 Å². The van der Waals surface area contributed by atoms with E-state index in [2.05, 4.69) is 10.3 Å². The Morgan fingerprint density at radius 1 is 0.946 bits per heavy atom. The molecular formula is C24H16FN5O6S. The molecule has 4 aromatic rings. The van der Waals surface area contributed by atoms with Gasteiger partial charge in [0.1, 0.15) is 18.1 Å². The summed E-state index contributed by atoms with van der Waals surface area (Å²) >= 11 is 0. The van der Waals surface area contributed by atoms with E-state index in [1.54, 1.807) is 0 Å². The minimum Gasteiger partial charge on any atom is -0.455 e. The van der Waals surface area contributed by atoms with Crippen LogP contribution in [0.1, 0.15) is 36.8 Å². The van der Waals surface area contributed by atoms with E-state index in [0.29, 0.717) is 11.4 Å². The maximum Gasteiger partial charge on any atom is 0.338 e. The highest BCUT2D eigenvalue weighted by molar-refractivity contribution is 7.89. The van der Waals surface area contributed by atoms with Gasteiger partial charge in [-0.1, -0.05) is 11.3 Å². The van der Waals surface area contributed by atoms with Gasteiger partial charge in [-0.25, -0.2) is 32.3 Å². The van der Waals surface area contributed by atoms with E-state index in [4.69, 9.17) is 9.88 Å². The van der Waals surface area contributed by atoms with Crippen LogP contribution in [0.2, 0.25) is 0 Å². The lowest BCUT2D eigenvalue weighted by Crippen LogP contribution is -2.29. The quantitative estimate of drug-likeness (QED) is 0.299. The van der Waals surface area contributed by atoms with Gasteiger partial charge in [0, 0.05) is 0 Å². The van der Waals surface area contributed by atoms with Crippen LogP contribution >= 0.6 is 0 Å². The molecule has 2 amide bonds. The van der Waals surface area contributed by atoms with Crippen molar-refractivity contribution in [2.45, 2.75) is 11.5 Å². The van der Waals surface area contributed by atoms with Crippen LogP contribution in [0.5, 0.6) is 0 Å². The average molecular weight is 521 g/mol. The summed E-state index contributed by atoms with van der Waals surface area (Å²) in [5, 5.41) is 12.9. The fraction of sp³-hybridized carbons (Fsp3) is 0.0417. The van der Waals surface area contributed by atoms with E-state index in [1.807, 2.05) is 0 Å². The standard InChI is InChI=1S/C24H16FN5O6S/c25-15-2-1-3-18(11-15)30-22(31)20-9-4-14(10-21(20)23(30)32)24(33)36-13-16-12-29(28-27-16)17-5-7-19(8-6-17)37(26,34)35/h1-12H,13H2,(H2,26,34,35). The van der Waals surface area contributed by atoms with Crippen LogP contribution in [0.25, 0.3) is 5.69 Å². The Morgan fingerprint density at radius 3 is 2.38 bits per heavy atom. The average Bonchev–Trinajstić information content (AvgIpc) is 3.44. The molecule has 1 aliphatic rings. The van der Waals surface area contributed by atoms with E-state index in [9.17, 15) is 27.2 Å². The van der Waals surface area contributed by atoms with Gasteiger partial charge in [-0.3, -0.25) is 9.59 Å². The van der Waals surface area contributed by atoms with Crippen LogP contribution < -0.4 is 10.0 Å². The second-order valence-corrected chi connectivity index (χ2v) is 9.52. The monoisotopic (exact) mass is 521 g/mol. The Balaban J connectivity index is 1.28. The summed E-state index contributed by atoms with van der Waals surface area (Å²) in [4.78, 5) is 39.0. The molecule has 186 valence electrons. The Bertz CT molecular complexity index is 1680. The Hall–Kier alpha value is -4.75. The van der Waals surface area contributed by atoms with Crippen LogP contribution in [0.15, 0.2) is 77.8 Å². The number of aromatic nitrogens is 3. The molecule has 0 atom stereocenters. The van der Waals surface area contributed by atoms with Gasteiger partial charge < -0.3 is 4.74 Å². The number of halogens is 1. The van der Waals surface area contributed by atoms with Crippen LogP contribution in [0.4, 0.5) is 10.1 Å². The van der Waals surface area contributed by atoms with Crippen LogP contribution in [0, 0.1) is 5.82 Å². The summed E-state index contributed by atoms with van der Waals surface area (Å²) < 4.78 is 43.0. The second-order valence-electron chi connectivity index (χ2n) is 7.96. The lowest BCUT2D eigenvalue weighted by atomic mass is 10.1. The summed E-state index contributed by atoms with van der Waals surface area (Å²) in [7, 11) is -3.83. The third kappa shape index (κ3) is 4.60. The number of amides is 2. The first-order chi connectivity index (χ1) is 17.6. The molecule has 3 aromatic carbocycles. The topological polar surface area (TPSA) is 155 Å². The highest BCUT2D eigenvalue weighted by atomic mass is 32.2. The number of imide groups is 1. The molecule has 0 fully saturated rings. The number of benzene rings is 3. The molecular weight excluding hydrogens is 505 g/mol. The third-order valence-electron chi connectivity index (χ3n) is 5.51. The smallest absolute Gasteiger partial charge is 0.338 e. The van der Waals surface area contributed by atoms with Crippen LogP contribution in [-0.4, -0.2) is 41.2 Å². The third-order valence-corrected chi connectivity index (χ3v) is 6.44. The number of hydrogen-bond acceptors (Lipinski definition) is 8. The Morgan fingerprint density at radius 2 is 1.68 bits per heavy atom. The van der Waals surface area contributed by atoms with Gasteiger partial charge in [0.15, 0.2) is 0 Å². The summed E-state index contributed by atoms with van der Waals surface area (Å²) in [6, 6.07) is 14.6. The SMILES string of the molecule is NS(=O)(=O)c1ccc(-n2cc(COC(=O)c3ccc4c(c3)C(=O)N(c3cccc(F)c3)C4=O)nn2)cc1. The molecule has 0 spiro atoms. The highest BCUT2D eigenvalue weighted by Crippen LogP contribution is 2.29. The van der Waals surface area contributed by atoms with Crippen LogP contribution in [-0.2, 0) is 21.4 Å². The van der Waals surface area contributed by atoms with E-state index < -0.39 is 33.6 Å². The van der Waals surface area contributed by atoms with Gasteiger partial charge in [0.05, 0.1) is 39.2 Å². The fourth-order valence-electron chi connectivity index (χ4n) is 3.72. The van der Waals surface area contributed by atoms with Gasteiger partial charge >= 0.3 is 5.97 Å². The fourth-order valence-corrected chi connectivity index (χ4v) is 4.24. The number of sulfonamides is 1. The number of ether oxygens (including phenoxy) is 1. The highest BCUT2D eigenvalue weighted by Gasteiger charge is 2.37. The second kappa shape index (κ2) is 9.04. The van der Waals surface area contributed by atoms with E-state index >= 15 is 0 Å². The number of primary sulfonamides is 1. The molecule has 37 heavy (non-hydrogen) atoms. The predicted molar refractivity (Wildman–Crippen MR) is 126 cm³/mol. The number of fused-ring (bicyclic) bond motifs is 1. The molecule has 11 nitrogen and oxygen atoms in total. The van der Waals surface area contributed by atoms with Crippen molar-refractivity contribution in [3.05, 3.63) is 101 Å². The minimum atomic E-state index is -3.83. The lowest BCUT2D eigenvalue weighted by Gasteiger charge is -2.13. The van der Waals surface area contributed by atoms with Gasteiger partial charge in [-0.2, -0.15) is 0 Å². The molecule has 1 aromatic heterocycles. The van der Waals surface area contributed by atoms with E-state index in [-0.39, 0.29) is 33.9 Å². The molecule has 5 rings (SSSR count). The van der Waals surface area contributed by atoms with Crippen molar-refractivity contribution in [3.63, 3.8) is 0 Å². The number of carbonyl (C=O) groups is 3. The first kappa shape index (κ1) is 24.0. The molecule has 0 saturated carbocycles. The summed E-state index contributed by atoms with van der Waals surface area (Å²) in [6.07, 6.45) is 1.49. The van der Waals surface area contributed by atoms with Crippen LogP contribution in [0.3, 0.4) is 0 Å². The number of nitrogens with two attached hydrogens (primary N) is 1. The Kier molecular flexibility index (Phi) is 5.85. The minimum absolute atomic E-state index is 0.00223. The molecule has 2 heterocycles. The van der Waals surface area contributed by atoms with Crippen molar-refractivity contribution >= 4 is 33.5 Å². The van der Waals surface area contributed by atoms with Gasteiger partial charge in [0.25, 0.3) is 11.8 Å². The molecule has 2 N–H and O–H groups in total. The van der Waals surface area contributed by atoms with Crippen molar-refractivity contribution < 1.29 is 31.9 Å². The van der Waals surface area contributed by atoms with Gasteiger partial charge in [-0.15, -0.1) is 5.10 Å². The number of carbonyl (C=O) groups excluding carboxylic acids is 3. The van der Waals surface area contributed by atoms with Gasteiger partial charge in [0.2, 0.25) is 10.0 Å². The van der Waals surface area contributed by atoms with Crippen molar-refractivity contribution in [2.24, 2.45) is 5.14 Å². The maximum absolute atomic E-state index is 13.6. The van der Waals surface area contributed by atoms with Crippen molar-refractivity contribution in [3.8, 4) is 5.69 Å². The van der Waals surface area contributed by atoms with Crippen molar-refractivity contribution in [1.29, 1.82) is 0 Å². The van der Waals surface area contributed by atoms with Crippen molar-refractivity contribution in [2.75, 3.05) is 4.90 Å². The summed E-state index contributed by atoms with van der Waals surface area (Å²) in [5.74, 6) is -2.68. The lowest BCUT2D eigenvalue weighted by molar-refractivity contribution is 0.0467. The first-order valence-corrected chi connectivity index (χ1v) is 12.2. The number of anilines is 1. The molecule has 0 aliphatic carbocycles. The summed E-state index contributed by atoms with van der Waals surface area (Å²) in [6.45, 7) is -0.243. The maximum atomic E-state index is 13.6. The molecule has 0 radical (unpaired) electrons. The summed E-state index contributed by atoms with van der Waals surface area (Å²) in [5.41, 5.74) is 1.00. The number of esters is 1. The molecule has 0 unspecified atom stereocenters. The van der Waals surface area contributed by atoms with E-state index in [1.165, 1.54) is 71.5 Å². The molecule has 0 bridgehead atoms. The molecule has 13 heteroatoms.